The van der Waals surface area contributed by atoms with Crippen LogP contribution < -0.4 is 0 Å². The van der Waals surface area contributed by atoms with Gasteiger partial charge in [0.2, 0.25) is 0 Å². The highest BCUT2D eigenvalue weighted by Gasteiger charge is 2.45. The van der Waals surface area contributed by atoms with E-state index in [-0.39, 0.29) is 17.6 Å². The van der Waals surface area contributed by atoms with E-state index in [9.17, 15) is 4.79 Å². The van der Waals surface area contributed by atoms with E-state index in [1.54, 1.807) is 0 Å². The first kappa shape index (κ1) is 14.3. The van der Waals surface area contributed by atoms with E-state index in [0.29, 0.717) is 12.6 Å². The SMILES string of the molecule is CCOC(=O)C1CCCN1C1CCOC2(CCCC2)C1. The quantitative estimate of drug-likeness (QED) is 0.745. The average Bonchev–Trinajstić information content (AvgIpc) is 3.09. The summed E-state index contributed by atoms with van der Waals surface area (Å²) < 4.78 is 11.4. The molecule has 114 valence electrons. The monoisotopic (exact) mass is 281 g/mol. The topological polar surface area (TPSA) is 38.8 Å². The highest BCUT2D eigenvalue weighted by Crippen LogP contribution is 2.42. The lowest BCUT2D eigenvalue weighted by Crippen LogP contribution is -2.51. The van der Waals surface area contributed by atoms with E-state index >= 15 is 0 Å². The summed E-state index contributed by atoms with van der Waals surface area (Å²) in [5.74, 6) is -0.0167. The summed E-state index contributed by atoms with van der Waals surface area (Å²) in [6.45, 7) is 4.28. The van der Waals surface area contributed by atoms with Gasteiger partial charge >= 0.3 is 5.97 Å². The summed E-state index contributed by atoms with van der Waals surface area (Å²) in [5.41, 5.74) is 0.130. The molecule has 0 N–H and O–H groups in total. The van der Waals surface area contributed by atoms with E-state index in [1.165, 1.54) is 25.7 Å². The number of likely N-dealkylation sites (tertiary alicyclic amines) is 1. The minimum Gasteiger partial charge on any atom is -0.465 e. The van der Waals surface area contributed by atoms with Crippen LogP contribution in [-0.4, -0.2) is 48.3 Å². The van der Waals surface area contributed by atoms with Crippen LogP contribution in [0.2, 0.25) is 0 Å². The summed E-state index contributed by atoms with van der Waals surface area (Å²) in [4.78, 5) is 14.5. The molecule has 1 spiro atoms. The van der Waals surface area contributed by atoms with Crippen LogP contribution in [0.3, 0.4) is 0 Å². The molecule has 0 bridgehead atoms. The Balaban J connectivity index is 1.66. The van der Waals surface area contributed by atoms with E-state index in [1.807, 2.05) is 6.92 Å². The molecule has 1 aliphatic carbocycles. The van der Waals surface area contributed by atoms with Crippen molar-refractivity contribution in [3.05, 3.63) is 0 Å². The van der Waals surface area contributed by atoms with Gasteiger partial charge in [-0.15, -0.1) is 0 Å². The van der Waals surface area contributed by atoms with Gasteiger partial charge in [-0.2, -0.15) is 0 Å². The van der Waals surface area contributed by atoms with Gasteiger partial charge in [-0.1, -0.05) is 12.8 Å². The van der Waals surface area contributed by atoms with Crippen LogP contribution in [0.25, 0.3) is 0 Å². The Morgan fingerprint density at radius 1 is 1.30 bits per heavy atom. The molecule has 2 aliphatic heterocycles. The Hall–Kier alpha value is -0.610. The molecule has 3 aliphatic rings. The largest absolute Gasteiger partial charge is 0.465 e. The predicted molar refractivity (Wildman–Crippen MR) is 76.5 cm³/mol. The van der Waals surface area contributed by atoms with E-state index in [2.05, 4.69) is 4.90 Å². The van der Waals surface area contributed by atoms with Crippen LogP contribution in [0.15, 0.2) is 0 Å². The Morgan fingerprint density at radius 2 is 2.10 bits per heavy atom. The molecule has 2 saturated heterocycles. The first-order valence-corrected chi connectivity index (χ1v) is 8.30. The minimum absolute atomic E-state index is 0.00324. The Kier molecular flexibility index (Phi) is 4.32. The second kappa shape index (κ2) is 6.02. The first-order chi connectivity index (χ1) is 9.74. The van der Waals surface area contributed by atoms with Gasteiger partial charge in [-0.3, -0.25) is 9.69 Å². The Labute approximate surface area is 121 Å². The number of hydrogen-bond donors (Lipinski definition) is 0. The van der Waals surface area contributed by atoms with Crippen molar-refractivity contribution in [3.63, 3.8) is 0 Å². The Morgan fingerprint density at radius 3 is 2.85 bits per heavy atom. The highest BCUT2D eigenvalue weighted by molar-refractivity contribution is 5.76. The van der Waals surface area contributed by atoms with Crippen molar-refractivity contribution in [2.75, 3.05) is 19.8 Å². The fourth-order valence-corrected chi connectivity index (χ4v) is 4.37. The molecule has 4 nitrogen and oxygen atoms in total. The number of carbonyl (C=O) groups excluding carboxylic acids is 1. The number of carbonyl (C=O) groups is 1. The average molecular weight is 281 g/mol. The maximum atomic E-state index is 12.1. The zero-order valence-corrected chi connectivity index (χ0v) is 12.6. The van der Waals surface area contributed by atoms with Gasteiger partial charge in [0.1, 0.15) is 6.04 Å². The van der Waals surface area contributed by atoms with Gasteiger partial charge in [0, 0.05) is 12.6 Å². The molecule has 20 heavy (non-hydrogen) atoms. The fourth-order valence-electron chi connectivity index (χ4n) is 4.37. The van der Waals surface area contributed by atoms with Crippen molar-refractivity contribution >= 4 is 5.97 Å². The van der Waals surface area contributed by atoms with Crippen LogP contribution >= 0.6 is 0 Å². The van der Waals surface area contributed by atoms with Crippen molar-refractivity contribution in [1.82, 2.24) is 4.90 Å². The molecule has 0 aromatic rings. The summed E-state index contributed by atoms with van der Waals surface area (Å²) >= 11 is 0. The molecule has 4 heteroatoms. The van der Waals surface area contributed by atoms with Gasteiger partial charge in [-0.25, -0.2) is 0 Å². The van der Waals surface area contributed by atoms with Crippen LogP contribution in [0, 0.1) is 0 Å². The third kappa shape index (κ3) is 2.73. The second-order valence-corrected chi connectivity index (χ2v) is 6.53. The highest BCUT2D eigenvalue weighted by atomic mass is 16.5. The number of hydrogen-bond acceptors (Lipinski definition) is 4. The zero-order chi connectivity index (χ0) is 14.0. The molecule has 3 fully saturated rings. The van der Waals surface area contributed by atoms with Crippen LogP contribution in [0.5, 0.6) is 0 Å². The number of rotatable bonds is 3. The van der Waals surface area contributed by atoms with Crippen LogP contribution in [-0.2, 0) is 14.3 Å². The molecule has 0 radical (unpaired) electrons. The molecule has 3 rings (SSSR count). The summed E-state index contributed by atoms with van der Waals surface area (Å²) in [6.07, 6.45) is 9.28. The van der Waals surface area contributed by atoms with E-state index in [0.717, 1.165) is 38.8 Å². The van der Waals surface area contributed by atoms with Gasteiger partial charge in [0.05, 0.1) is 12.2 Å². The minimum atomic E-state index is -0.0167. The maximum absolute atomic E-state index is 12.1. The zero-order valence-electron chi connectivity index (χ0n) is 12.6. The molecule has 1 saturated carbocycles. The predicted octanol–water partition coefficient (Wildman–Crippen LogP) is 2.51. The lowest BCUT2D eigenvalue weighted by Gasteiger charge is -2.43. The maximum Gasteiger partial charge on any atom is 0.323 e. The van der Waals surface area contributed by atoms with Crippen molar-refractivity contribution in [1.29, 1.82) is 0 Å². The smallest absolute Gasteiger partial charge is 0.323 e. The fraction of sp³-hybridized carbons (Fsp3) is 0.938. The number of nitrogens with zero attached hydrogens (tertiary/aromatic N) is 1. The molecule has 0 amide bonds. The van der Waals surface area contributed by atoms with E-state index in [4.69, 9.17) is 9.47 Å². The van der Waals surface area contributed by atoms with Crippen LogP contribution in [0.1, 0.15) is 58.3 Å². The van der Waals surface area contributed by atoms with Crippen molar-refractivity contribution in [2.24, 2.45) is 0 Å². The third-order valence-corrected chi connectivity index (χ3v) is 5.30. The second-order valence-electron chi connectivity index (χ2n) is 6.53. The lowest BCUT2D eigenvalue weighted by molar-refractivity contribution is -0.152. The van der Waals surface area contributed by atoms with Crippen LogP contribution in [0.4, 0.5) is 0 Å². The molecular weight excluding hydrogens is 254 g/mol. The number of esters is 1. The van der Waals surface area contributed by atoms with E-state index < -0.39 is 0 Å². The molecule has 0 aromatic heterocycles. The molecule has 0 aromatic carbocycles. The summed E-state index contributed by atoms with van der Waals surface area (Å²) in [5, 5.41) is 0. The summed E-state index contributed by atoms with van der Waals surface area (Å²) in [6, 6.07) is 0.509. The third-order valence-electron chi connectivity index (χ3n) is 5.30. The van der Waals surface area contributed by atoms with Gasteiger partial charge in [0.15, 0.2) is 0 Å². The molecule has 2 unspecified atom stereocenters. The van der Waals surface area contributed by atoms with Gasteiger partial charge in [-0.05, 0) is 52.0 Å². The van der Waals surface area contributed by atoms with Crippen molar-refractivity contribution in [3.8, 4) is 0 Å². The van der Waals surface area contributed by atoms with Gasteiger partial charge in [0.25, 0.3) is 0 Å². The van der Waals surface area contributed by atoms with Gasteiger partial charge < -0.3 is 9.47 Å². The standard InChI is InChI=1S/C16H27NO3/c1-2-19-15(18)14-6-5-10-17(14)13-7-11-20-16(12-13)8-3-4-9-16/h13-14H,2-12H2,1H3. The van der Waals surface area contributed by atoms with Crippen molar-refractivity contribution < 1.29 is 14.3 Å². The molecule has 2 atom stereocenters. The van der Waals surface area contributed by atoms with Crippen molar-refractivity contribution in [2.45, 2.75) is 76.0 Å². The normalized spacial score (nSPS) is 33.6. The number of ether oxygens (including phenoxy) is 2. The first-order valence-electron chi connectivity index (χ1n) is 8.30. The molecule has 2 heterocycles. The Bertz CT molecular complexity index is 352. The molecular formula is C16H27NO3. The summed E-state index contributed by atoms with van der Waals surface area (Å²) in [7, 11) is 0. The lowest BCUT2D eigenvalue weighted by atomic mass is 9.88.